The molecule has 1 aromatic heterocycles. The van der Waals surface area contributed by atoms with E-state index in [4.69, 9.17) is 16.3 Å². The molecular weight excluding hydrogens is 240 g/mol. The van der Waals surface area contributed by atoms with Gasteiger partial charge in [0.1, 0.15) is 5.75 Å². The van der Waals surface area contributed by atoms with E-state index >= 15 is 0 Å². The second-order valence-corrected chi connectivity index (χ2v) is 3.67. The Morgan fingerprint density at radius 1 is 1.35 bits per heavy atom. The van der Waals surface area contributed by atoms with Gasteiger partial charge in [-0.25, -0.2) is 9.97 Å². The predicted octanol–water partition coefficient (Wildman–Crippen LogP) is 2.62. The van der Waals surface area contributed by atoms with Gasteiger partial charge in [-0.15, -0.1) is 0 Å². The van der Waals surface area contributed by atoms with Crippen LogP contribution in [-0.2, 0) is 0 Å². The molecule has 0 saturated heterocycles. The lowest BCUT2D eigenvalue weighted by Crippen LogP contribution is -1.94. The van der Waals surface area contributed by atoms with Crippen molar-refractivity contribution in [1.29, 1.82) is 0 Å². The molecule has 0 amide bonds. The molecule has 86 valence electrons. The average Bonchev–Trinajstić information content (AvgIpc) is 2.38. The Balaban J connectivity index is 2.48. The topological polar surface area (TPSA) is 52.1 Å². The maximum absolute atomic E-state index is 10.6. The van der Waals surface area contributed by atoms with E-state index in [-0.39, 0.29) is 5.82 Å². The number of ether oxygens (including phenoxy) is 1. The summed E-state index contributed by atoms with van der Waals surface area (Å²) in [5.41, 5.74) is 1.34. The highest BCUT2D eigenvalue weighted by atomic mass is 35.5. The largest absolute Gasteiger partial charge is 0.497 e. The maximum Gasteiger partial charge on any atom is 0.193 e. The predicted molar refractivity (Wildman–Crippen MR) is 64.4 cm³/mol. The number of nitrogens with zero attached hydrogens (tertiary/aromatic N) is 2. The van der Waals surface area contributed by atoms with Crippen molar-refractivity contribution in [2.45, 2.75) is 0 Å². The van der Waals surface area contributed by atoms with Crippen LogP contribution in [0.15, 0.2) is 30.5 Å². The molecule has 0 fully saturated rings. The molecular formula is C12H9ClN2O2. The van der Waals surface area contributed by atoms with Gasteiger partial charge in [0.2, 0.25) is 0 Å². The average molecular weight is 249 g/mol. The zero-order valence-corrected chi connectivity index (χ0v) is 9.81. The minimum atomic E-state index is 0.134. The Morgan fingerprint density at radius 2 is 2.18 bits per heavy atom. The number of carbonyl (C=O) groups excluding carboxylic acids is 1. The van der Waals surface area contributed by atoms with Gasteiger partial charge in [0.25, 0.3) is 0 Å². The van der Waals surface area contributed by atoms with Gasteiger partial charge >= 0.3 is 0 Å². The SMILES string of the molecule is COc1ccc(-c2ccnc(C=O)n2)c(Cl)c1. The smallest absolute Gasteiger partial charge is 0.193 e. The molecule has 0 radical (unpaired) electrons. The third kappa shape index (κ3) is 2.42. The molecule has 0 bridgehead atoms. The Hall–Kier alpha value is -1.94. The van der Waals surface area contributed by atoms with Crippen LogP contribution in [0.4, 0.5) is 0 Å². The Labute approximate surface area is 103 Å². The summed E-state index contributed by atoms with van der Waals surface area (Å²) in [6.07, 6.45) is 2.12. The molecule has 0 aliphatic rings. The van der Waals surface area contributed by atoms with Crippen LogP contribution in [0.25, 0.3) is 11.3 Å². The number of carbonyl (C=O) groups is 1. The first kappa shape index (κ1) is 11.5. The van der Waals surface area contributed by atoms with Crippen LogP contribution in [0.2, 0.25) is 5.02 Å². The molecule has 0 saturated carbocycles. The third-order valence-corrected chi connectivity index (χ3v) is 2.54. The van der Waals surface area contributed by atoms with Gasteiger partial charge in [-0.05, 0) is 24.3 Å². The standard InChI is InChI=1S/C12H9ClN2O2/c1-17-8-2-3-9(10(13)6-8)11-4-5-14-12(7-16)15-11/h2-7H,1H3. The third-order valence-electron chi connectivity index (χ3n) is 2.23. The molecule has 0 aliphatic carbocycles. The summed E-state index contributed by atoms with van der Waals surface area (Å²) in [5.74, 6) is 0.804. The zero-order chi connectivity index (χ0) is 12.3. The quantitative estimate of drug-likeness (QED) is 0.784. The molecule has 4 nitrogen and oxygen atoms in total. The minimum absolute atomic E-state index is 0.134. The highest BCUT2D eigenvalue weighted by Gasteiger charge is 2.07. The molecule has 0 atom stereocenters. The highest BCUT2D eigenvalue weighted by Crippen LogP contribution is 2.29. The lowest BCUT2D eigenvalue weighted by molar-refractivity contribution is 0.111. The molecule has 1 aromatic carbocycles. The lowest BCUT2D eigenvalue weighted by Gasteiger charge is -2.06. The van der Waals surface area contributed by atoms with E-state index < -0.39 is 0 Å². The molecule has 2 rings (SSSR count). The molecule has 5 heteroatoms. The zero-order valence-electron chi connectivity index (χ0n) is 9.05. The first-order chi connectivity index (χ1) is 8.24. The number of hydrogen-bond donors (Lipinski definition) is 0. The number of benzene rings is 1. The van der Waals surface area contributed by atoms with Crippen LogP contribution in [0.1, 0.15) is 10.6 Å². The van der Waals surface area contributed by atoms with Crippen molar-refractivity contribution >= 4 is 17.9 Å². The summed E-state index contributed by atoms with van der Waals surface area (Å²) in [6, 6.07) is 6.96. The van der Waals surface area contributed by atoms with E-state index in [1.807, 2.05) is 0 Å². The molecule has 0 unspecified atom stereocenters. The van der Waals surface area contributed by atoms with Crippen LogP contribution in [0, 0.1) is 0 Å². The summed E-state index contributed by atoms with van der Waals surface area (Å²) < 4.78 is 5.06. The van der Waals surface area contributed by atoms with Crippen LogP contribution in [0.5, 0.6) is 5.75 Å². The monoisotopic (exact) mass is 248 g/mol. The van der Waals surface area contributed by atoms with Crippen molar-refractivity contribution in [1.82, 2.24) is 9.97 Å². The van der Waals surface area contributed by atoms with Gasteiger partial charge in [-0.3, -0.25) is 4.79 Å². The van der Waals surface area contributed by atoms with E-state index in [9.17, 15) is 4.79 Å². The second-order valence-electron chi connectivity index (χ2n) is 3.26. The van der Waals surface area contributed by atoms with Crippen molar-refractivity contribution in [3.05, 3.63) is 41.3 Å². The van der Waals surface area contributed by atoms with Crippen LogP contribution in [-0.4, -0.2) is 23.4 Å². The maximum atomic E-state index is 10.6. The second kappa shape index (κ2) is 4.93. The van der Waals surface area contributed by atoms with E-state index in [1.165, 1.54) is 6.20 Å². The van der Waals surface area contributed by atoms with Crippen molar-refractivity contribution in [2.24, 2.45) is 0 Å². The van der Waals surface area contributed by atoms with Crippen molar-refractivity contribution in [3.8, 4) is 17.0 Å². The molecule has 0 aliphatic heterocycles. The fourth-order valence-electron chi connectivity index (χ4n) is 1.41. The summed E-state index contributed by atoms with van der Waals surface area (Å²) >= 11 is 6.11. The molecule has 0 spiro atoms. The molecule has 2 aromatic rings. The number of rotatable bonds is 3. The van der Waals surface area contributed by atoms with Gasteiger partial charge in [0.15, 0.2) is 12.1 Å². The highest BCUT2D eigenvalue weighted by molar-refractivity contribution is 6.33. The van der Waals surface area contributed by atoms with E-state index in [2.05, 4.69) is 9.97 Å². The summed E-state index contributed by atoms with van der Waals surface area (Å²) in [7, 11) is 1.57. The first-order valence-electron chi connectivity index (χ1n) is 4.86. The van der Waals surface area contributed by atoms with Gasteiger partial charge < -0.3 is 4.74 Å². The lowest BCUT2D eigenvalue weighted by atomic mass is 10.1. The van der Waals surface area contributed by atoms with Gasteiger partial charge in [-0.2, -0.15) is 0 Å². The van der Waals surface area contributed by atoms with Crippen LogP contribution < -0.4 is 4.74 Å². The fraction of sp³-hybridized carbons (Fsp3) is 0.0833. The van der Waals surface area contributed by atoms with Crippen LogP contribution >= 0.6 is 11.6 Å². The van der Waals surface area contributed by atoms with Crippen molar-refractivity contribution in [3.63, 3.8) is 0 Å². The van der Waals surface area contributed by atoms with E-state index in [0.29, 0.717) is 22.8 Å². The summed E-state index contributed by atoms with van der Waals surface area (Å²) in [6.45, 7) is 0. The van der Waals surface area contributed by atoms with Gasteiger partial charge in [-0.1, -0.05) is 11.6 Å². The van der Waals surface area contributed by atoms with Gasteiger partial charge in [0, 0.05) is 11.8 Å². The normalized spacial score (nSPS) is 10.0. The van der Waals surface area contributed by atoms with Crippen molar-refractivity contribution in [2.75, 3.05) is 7.11 Å². The van der Waals surface area contributed by atoms with Crippen LogP contribution in [0.3, 0.4) is 0 Å². The minimum Gasteiger partial charge on any atom is -0.497 e. The number of hydrogen-bond acceptors (Lipinski definition) is 4. The molecule has 0 N–H and O–H groups in total. The van der Waals surface area contributed by atoms with Gasteiger partial charge in [0.05, 0.1) is 17.8 Å². The first-order valence-corrected chi connectivity index (χ1v) is 5.24. The summed E-state index contributed by atoms with van der Waals surface area (Å²) in [5, 5.41) is 0.514. The van der Waals surface area contributed by atoms with Crippen molar-refractivity contribution < 1.29 is 9.53 Å². The number of methoxy groups -OCH3 is 1. The summed E-state index contributed by atoms with van der Waals surface area (Å²) in [4.78, 5) is 18.5. The fourth-order valence-corrected chi connectivity index (χ4v) is 1.68. The Kier molecular flexibility index (Phi) is 3.35. The number of aromatic nitrogens is 2. The number of halogens is 1. The molecule has 1 heterocycles. The number of aldehydes is 1. The molecule has 17 heavy (non-hydrogen) atoms. The van der Waals surface area contributed by atoms with E-state index in [0.717, 1.165) is 5.56 Å². The Bertz CT molecular complexity index is 558. The van der Waals surface area contributed by atoms with E-state index in [1.54, 1.807) is 31.4 Å². The Morgan fingerprint density at radius 3 is 2.82 bits per heavy atom.